The highest BCUT2D eigenvalue weighted by atomic mass is 15.1. The molecule has 0 aromatic rings. The van der Waals surface area contributed by atoms with Crippen LogP contribution in [0.5, 0.6) is 0 Å². The molecule has 0 fully saturated rings. The minimum Gasteiger partial charge on any atom is -0.351 e. The maximum absolute atomic E-state index is 4.10. The summed E-state index contributed by atoms with van der Waals surface area (Å²) in [5.74, 6) is 0. The molecule has 64 valence electrons. The molecule has 0 unspecified atom stereocenters. The number of likely N-dealkylation sites (N-methyl/N-ethyl adjacent to an activating group) is 1. The third kappa shape index (κ3) is 1.09. The molecule has 0 aromatic carbocycles. The Hall–Kier alpha value is -0.980. The Morgan fingerprint density at radius 3 is 2.92 bits per heavy atom. The van der Waals surface area contributed by atoms with Crippen LogP contribution in [0.2, 0.25) is 0 Å². The fourth-order valence-electron chi connectivity index (χ4n) is 1.95. The van der Waals surface area contributed by atoms with E-state index in [1.807, 2.05) is 0 Å². The Kier molecular flexibility index (Phi) is 1.80. The minimum absolute atomic E-state index is 1.20. The topological polar surface area (TPSA) is 3.24 Å². The van der Waals surface area contributed by atoms with Gasteiger partial charge in [0.25, 0.3) is 0 Å². The van der Waals surface area contributed by atoms with Crippen molar-refractivity contribution in [1.29, 1.82) is 0 Å². The van der Waals surface area contributed by atoms with Crippen molar-refractivity contribution in [2.75, 3.05) is 7.05 Å². The zero-order chi connectivity index (χ0) is 8.55. The van der Waals surface area contributed by atoms with Crippen LogP contribution in [0.15, 0.2) is 35.7 Å². The second-order valence-electron chi connectivity index (χ2n) is 3.58. The summed E-state index contributed by atoms with van der Waals surface area (Å²) in [6.07, 6.45) is 9.51. The van der Waals surface area contributed by atoms with Crippen molar-refractivity contribution in [2.45, 2.75) is 25.7 Å². The van der Waals surface area contributed by atoms with Gasteiger partial charge in [-0.3, -0.25) is 0 Å². The molecule has 1 aliphatic carbocycles. The Bertz CT molecular complexity index is 271. The molecule has 0 N–H and O–H groups in total. The summed E-state index contributed by atoms with van der Waals surface area (Å²) in [5, 5.41) is 0. The lowest BCUT2D eigenvalue weighted by atomic mass is 9.88. The normalized spacial score (nSPS) is 23.1. The molecule has 0 atom stereocenters. The van der Waals surface area contributed by atoms with Crippen molar-refractivity contribution < 1.29 is 0 Å². The van der Waals surface area contributed by atoms with Crippen LogP contribution < -0.4 is 0 Å². The van der Waals surface area contributed by atoms with E-state index in [9.17, 15) is 0 Å². The van der Waals surface area contributed by atoms with Crippen molar-refractivity contribution in [3.05, 3.63) is 35.7 Å². The smallest absolute Gasteiger partial charge is 0.0365 e. The molecule has 1 aliphatic heterocycles. The summed E-state index contributed by atoms with van der Waals surface area (Å²) < 4.78 is 0. The number of nitrogens with zero attached hydrogens (tertiary/aromatic N) is 1. The summed E-state index contributed by atoms with van der Waals surface area (Å²) in [6.45, 7) is 4.10. The average Bonchev–Trinajstić information content (AvgIpc) is 2.12. The van der Waals surface area contributed by atoms with E-state index in [0.717, 1.165) is 0 Å². The zero-order valence-electron chi connectivity index (χ0n) is 7.64. The van der Waals surface area contributed by atoms with Crippen molar-refractivity contribution >= 4 is 0 Å². The lowest BCUT2D eigenvalue weighted by molar-refractivity contribution is 0.542. The van der Waals surface area contributed by atoms with Crippen molar-refractivity contribution in [3.8, 4) is 0 Å². The average molecular weight is 161 g/mol. The van der Waals surface area contributed by atoms with E-state index in [4.69, 9.17) is 0 Å². The second kappa shape index (κ2) is 2.81. The van der Waals surface area contributed by atoms with Gasteiger partial charge in [0.2, 0.25) is 0 Å². The SMILES string of the molecule is C=C1C2=C(C=CN1C)CCCC2. The number of allylic oxidation sites excluding steroid dienone is 3. The van der Waals surface area contributed by atoms with Gasteiger partial charge in [0, 0.05) is 18.9 Å². The van der Waals surface area contributed by atoms with Gasteiger partial charge in [0.05, 0.1) is 0 Å². The highest BCUT2D eigenvalue weighted by Gasteiger charge is 2.17. The van der Waals surface area contributed by atoms with Gasteiger partial charge in [0.1, 0.15) is 0 Å². The molecule has 1 nitrogen and oxygen atoms in total. The molecule has 0 amide bonds. The molecule has 2 rings (SSSR count). The fourth-order valence-corrected chi connectivity index (χ4v) is 1.95. The van der Waals surface area contributed by atoms with Crippen LogP contribution >= 0.6 is 0 Å². The lowest BCUT2D eigenvalue weighted by Gasteiger charge is -2.29. The first-order valence-corrected chi connectivity index (χ1v) is 4.61. The highest BCUT2D eigenvalue weighted by Crippen LogP contribution is 2.33. The van der Waals surface area contributed by atoms with Gasteiger partial charge in [-0.15, -0.1) is 0 Å². The quantitative estimate of drug-likeness (QED) is 0.528. The van der Waals surface area contributed by atoms with Gasteiger partial charge < -0.3 is 4.90 Å². The van der Waals surface area contributed by atoms with Gasteiger partial charge in [-0.2, -0.15) is 0 Å². The van der Waals surface area contributed by atoms with Crippen molar-refractivity contribution in [2.24, 2.45) is 0 Å². The van der Waals surface area contributed by atoms with E-state index in [1.54, 1.807) is 0 Å². The molecule has 1 heterocycles. The molecule has 0 aromatic heterocycles. The Morgan fingerprint density at radius 2 is 2.08 bits per heavy atom. The standard InChI is InChI=1S/C11H15N/c1-9-11-6-4-3-5-10(11)7-8-12(9)2/h7-8H,1,3-6H2,2H3. The van der Waals surface area contributed by atoms with E-state index >= 15 is 0 Å². The number of hydrogen-bond acceptors (Lipinski definition) is 1. The van der Waals surface area contributed by atoms with Gasteiger partial charge in [-0.05, 0) is 42.9 Å². The van der Waals surface area contributed by atoms with Crippen LogP contribution in [-0.4, -0.2) is 11.9 Å². The summed E-state index contributed by atoms with van der Waals surface area (Å²) >= 11 is 0. The summed E-state index contributed by atoms with van der Waals surface area (Å²) in [7, 11) is 2.07. The maximum atomic E-state index is 4.10. The molecule has 1 heteroatoms. The van der Waals surface area contributed by atoms with E-state index in [-0.39, 0.29) is 0 Å². The van der Waals surface area contributed by atoms with Gasteiger partial charge >= 0.3 is 0 Å². The molecule has 0 saturated carbocycles. The van der Waals surface area contributed by atoms with Gasteiger partial charge in [0.15, 0.2) is 0 Å². The van der Waals surface area contributed by atoms with Crippen LogP contribution in [0.4, 0.5) is 0 Å². The fraction of sp³-hybridized carbons (Fsp3) is 0.455. The Balaban J connectivity index is 2.35. The van der Waals surface area contributed by atoms with Gasteiger partial charge in [-0.25, -0.2) is 0 Å². The van der Waals surface area contributed by atoms with Crippen molar-refractivity contribution in [3.63, 3.8) is 0 Å². The Labute approximate surface area is 74.1 Å². The predicted octanol–water partition coefficient (Wildman–Crippen LogP) is 2.83. The van der Waals surface area contributed by atoms with Crippen LogP contribution in [0, 0.1) is 0 Å². The van der Waals surface area contributed by atoms with Crippen LogP contribution in [-0.2, 0) is 0 Å². The molecule has 2 aliphatic rings. The maximum Gasteiger partial charge on any atom is 0.0365 e. The monoisotopic (exact) mass is 161 g/mol. The lowest BCUT2D eigenvalue weighted by Crippen LogP contribution is -2.17. The third-order valence-corrected chi connectivity index (χ3v) is 2.78. The predicted molar refractivity (Wildman–Crippen MR) is 51.5 cm³/mol. The number of hydrogen-bond donors (Lipinski definition) is 0. The van der Waals surface area contributed by atoms with E-state index in [1.165, 1.54) is 42.5 Å². The first-order chi connectivity index (χ1) is 5.79. The second-order valence-corrected chi connectivity index (χ2v) is 3.58. The molecular weight excluding hydrogens is 146 g/mol. The minimum atomic E-state index is 1.20. The molecule has 12 heavy (non-hydrogen) atoms. The van der Waals surface area contributed by atoms with Crippen LogP contribution in [0.1, 0.15) is 25.7 Å². The number of rotatable bonds is 0. The highest BCUT2D eigenvalue weighted by molar-refractivity contribution is 5.43. The van der Waals surface area contributed by atoms with Crippen LogP contribution in [0.3, 0.4) is 0 Å². The summed E-state index contributed by atoms with van der Waals surface area (Å²) in [6, 6.07) is 0. The van der Waals surface area contributed by atoms with E-state index in [0.29, 0.717) is 0 Å². The molecule has 0 saturated heterocycles. The molecule has 0 spiro atoms. The Morgan fingerprint density at radius 1 is 1.33 bits per heavy atom. The van der Waals surface area contributed by atoms with Gasteiger partial charge in [-0.1, -0.05) is 6.58 Å². The largest absolute Gasteiger partial charge is 0.351 e. The summed E-state index contributed by atoms with van der Waals surface area (Å²) in [4.78, 5) is 2.12. The van der Waals surface area contributed by atoms with Crippen LogP contribution in [0.25, 0.3) is 0 Å². The zero-order valence-corrected chi connectivity index (χ0v) is 7.64. The third-order valence-electron chi connectivity index (χ3n) is 2.78. The van der Waals surface area contributed by atoms with Crippen molar-refractivity contribution in [1.82, 2.24) is 4.90 Å². The molecular formula is C11H15N. The summed E-state index contributed by atoms with van der Waals surface area (Å²) in [5.41, 5.74) is 4.21. The molecule has 0 radical (unpaired) electrons. The first-order valence-electron chi connectivity index (χ1n) is 4.61. The van der Waals surface area contributed by atoms with E-state index in [2.05, 4.69) is 30.8 Å². The first kappa shape index (κ1) is 7.66. The molecule has 0 bridgehead atoms. The van der Waals surface area contributed by atoms with E-state index < -0.39 is 0 Å².